The van der Waals surface area contributed by atoms with Crippen molar-refractivity contribution in [1.82, 2.24) is 5.32 Å². The summed E-state index contributed by atoms with van der Waals surface area (Å²) in [5.74, 6) is 0.748. The van der Waals surface area contributed by atoms with E-state index in [0.29, 0.717) is 33.0 Å². The van der Waals surface area contributed by atoms with Gasteiger partial charge in [0.2, 0.25) is 0 Å². The lowest BCUT2D eigenvalue weighted by molar-refractivity contribution is 0.0853. The Kier molecular flexibility index (Phi) is 5.21. The van der Waals surface area contributed by atoms with Crippen LogP contribution in [-0.4, -0.2) is 32.3 Å². The molecule has 18 heavy (non-hydrogen) atoms. The predicted octanol–water partition coefficient (Wildman–Crippen LogP) is 1.69. The Bertz CT molecular complexity index is 425. The molecule has 0 saturated carbocycles. The van der Waals surface area contributed by atoms with Gasteiger partial charge in [0.05, 0.1) is 19.8 Å². The number of rotatable bonds is 7. The van der Waals surface area contributed by atoms with Crippen molar-refractivity contribution in [2.45, 2.75) is 6.54 Å². The molecular formula is C12H14INO4. The summed E-state index contributed by atoms with van der Waals surface area (Å²) in [6, 6.07) is 5.48. The van der Waals surface area contributed by atoms with Gasteiger partial charge in [-0.1, -0.05) is 0 Å². The van der Waals surface area contributed by atoms with Crippen LogP contribution in [0.1, 0.15) is 15.9 Å². The molecule has 0 saturated heterocycles. The van der Waals surface area contributed by atoms with Crippen LogP contribution in [0.2, 0.25) is 0 Å². The van der Waals surface area contributed by atoms with Gasteiger partial charge in [0.15, 0.2) is 0 Å². The minimum Gasteiger partial charge on any atom is -0.491 e. The Morgan fingerprint density at radius 1 is 1.22 bits per heavy atom. The van der Waals surface area contributed by atoms with Crippen LogP contribution in [-0.2, 0) is 14.3 Å². The van der Waals surface area contributed by atoms with Gasteiger partial charge in [-0.05, 0) is 23.8 Å². The van der Waals surface area contributed by atoms with Crippen molar-refractivity contribution in [2.24, 2.45) is 0 Å². The van der Waals surface area contributed by atoms with E-state index in [4.69, 9.17) is 12.5 Å². The third kappa shape index (κ3) is 3.56. The van der Waals surface area contributed by atoms with Crippen LogP contribution < -0.4 is 10.1 Å². The molecule has 98 valence electrons. The Hall–Kier alpha value is -0.860. The fourth-order valence-corrected chi connectivity index (χ4v) is 1.89. The average Bonchev–Trinajstić information content (AvgIpc) is 2.75. The van der Waals surface area contributed by atoms with Crippen molar-refractivity contribution >= 4 is 28.9 Å². The maximum atomic E-state index is 11.4. The summed E-state index contributed by atoms with van der Waals surface area (Å²) in [6.07, 6.45) is 0. The highest BCUT2D eigenvalue weighted by Gasteiger charge is 2.18. The Balaban J connectivity index is 1.75. The van der Waals surface area contributed by atoms with Gasteiger partial charge in [-0.3, -0.25) is 4.79 Å². The second-order valence-electron chi connectivity index (χ2n) is 3.78. The van der Waals surface area contributed by atoms with Gasteiger partial charge >= 0.3 is 0 Å². The fraction of sp³-hybridized carbons (Fsp3) is 0.417. The number of ether oxygens (including phenoxy) is 2. The molecule has 1 aliphatic rings. The standard InChI is InChI=1S/C12H14INO4/c13-18-6-4-16-3-5-17-10-1-2-11-9(7-10)8-14-12(11)15/h1-2,7H,3-6,8H2,(H,14,15). The van der Waals surface area contributed by atoms with Gasteiger partial charge in [-0.25, -0.2) is 0 Å². The number of fused-ring (bicyclic) bond motifs is 1. The van der Waals surface area contributed by atoms with Crippen LogP contribution in [0.25, 0.3) is 0 Å². The maximum Gasteiger partial charge on any atom is 0.251 e. The second-order valence-corrected chi connectivity index (χ2v) is 4.40. The summed E-state index contributed by atoms with van der Waals surface area (Å²) in [7, 11) is 0. The number of halogens is 1. The van der Waals surface area contributed by atoms with Crippen molar-refractivity contribution in [2.75, 3.05) is 26.4 Å². The molecule has 6 heteroatoms. The van der Waals surface area contributed by atoms with Crippen molar-refractivity contribution < 1.29 is 17.3 Å². The van der Waals surface area contributed by atoms with Gasteiger partial charge in [-0.2, -0.15) is 0 Å². The number of amides is 1. The van der Waals surface area contributed by atoms with Crippen LogP contribution in [0.5, 0.6) is 5.75 Å². The highest BCUT2D eigenvalue weighted by atomic mass is 127. The van der Waals surface area contributed by atoms with E-state index in [1.165, 1.54) is 0 Å². The molecule has 1 aliphatic heterocycles. The number of carbonyl (C=O) groups excluding carboxylic acids is 1. The van der Waals surface area contributed by atoms with Crippen molar-refractivity contribution in [3.63, 3.8) is 0 Å². The van der Waals surface area contributed by atoms with E-state index < -0.39 is 0 Å². The Morgan fingerprint density at radius 2 is 2.06 bits per heavy atom. The second kappa shape index (κ2) is 6.91. The minimum atomic E-state index is -0.0151. The van der Waals surface area contributed by atoms with Gasteiger partial charge < -0.3 is 17.9 Å². The van der Waals surface area contributed by atoms with Crippen molar-refractivity contribution in [3.8, 4) is 5.75 Å². The molecule has 1 amide bonds. The fourth-order valence-electron chi connectivity index (χ4n) is 1.71. The van der Waals surface area contributed by atoms with E-state index in [-0.39, 0.29) is 5.91 Å². The molecule has 1 heterocycles. The molecule has 2 rings (SSSR count). The van der Waals surface area contributed by atoms with Crippen molar-refractivity contribution in [3.05, 3.63) is 29.3 Å². The van der Waals surface area contributed by atoms with E-state index in [1.54, 1.807) is 12.1 Å². The van der Waals surface area contributed by atoms with Crippen LogP contribution in [0.15, 0.2) is 18.2 Å². The minimum absolute atomic E-state index is 0.0151. The molecule has 0 fully saturated rings. The zero-order valence-electron chi connectivity index (χ0n) is 9.78. The molecule has 0 spiro atoms. The largest absolute Gasteiger partial charge is 0.491 e. The monoisotopic (exact) mass is 363 g/mol. The molecule has 1 aromatic carbocycles. The molecule has 0 radical (unpaired) electrons. The first-order valence-electron chi connectivity index (χ1n) is 5.66. The van der Waals surface area contributed by atoms with Crippen LogP contribution in [0, 0.1) is 0 Å². The first-order valence-corrected chi connectivity index (χ1v) is 6.54. The molecule has 0 bridgehead atoms. The molecule has 5 nitrogen and oxygen atoms in total. The zero-order chi connectivity index (χ0) is 12.8. The zero-order valence-corrected chi connectivity index (χ0v) is 11.9. The van der Waals surface area contributed by atoms with E-state index in [9.17, 15) is 4.79 Å². The third-order valence-electron chi connectivity index (χ3n) is 2.56. The van der Waals surface area contributed by atoms with E-state index in [2.05, 4.69) is 5.32 Å². The normalized spacial score (nSPS) is 13.3. The lowest BCUT2D eigenvalue weighted by Gasteiger charge is -2.07. The summed E-state index contributed by atoms with van der Waals surface area (Å²) in [5, 5.41) is 2.77. The molecule has 0 aromatic heterocycles. The quantitative estimate of drug-likeness (QED) is 0.592. The summed E-state index contributed by atoms with van der Waals surface area (Å²) >= 11 is 1.83. The van der Waals surface area contributed by atoms with E-state index in [1.807, 2.05) is 29.1 Å². The van der Waals surface area contributed by atoms with Crippen molar-refractivity contribution in [1.29, 1.82) is 0 Å². The molecule has 1 N–H and O–H groups in total. The van der Waals surface area contributed by atoms with E-state index >= 15 is 0 Å². The summed E-state index contributed by atoms with van der Waals surface area (Å²) in [4.78, 5) is 11.4. The van der Waals surface area contributed by atoms with Gasteiger partial charge in [0, 0.05) is 12.1 Å². The van der Waals surface area contributed by atoms with Crippen LogP contribution >= 0.6 is 23.0 Å². The third-order valence-corrected chi connectivity index (χ3v) is 3.00. The molecule has 1 aromatic rings. The number of benzene rings is 1. The lowest BCUT2D eigenvalue weighted by Crippen LogP contribution is -2.12. The van der Waals surface area contributed by atoms with E-state index in [0.717, 1.165) is 16.9 Å². The summed E-state index contributed by atoms with van der Waals surface area (Å²) < 4.78 is 15.7. The van der Waals surface area contributed by atoms with Gasteiger partial charge in [-0.15, -0.1) is 0 Å². The highest BCUT2D eigenvalue weighted by molar-refractivity contribution is 14.1. The number of nitrogens with one attached hydrogen (secondary N) is 1. The molecule has 0 aliphatic carbocycles. The topological polar surface area (TPSA) is 56.8 Å². The highest BCUT2D eigenvalue weighted by Crippen LogP contribution is 2.21. The number of carbonyl (C=O) groups is 1. The average molecular weight is 363 g/mol. The first kappa shape index (κ1) is 13.6. The van der Waals surface area contributed by atoms with Crippen LogP contribution in [0.4, 0.5) is 0 Å². The number of hydrogen-bond donors (Lipinski definition) is 1. The predicted molar refractivity (Wildman–Crippen MR) is 73.9 cm³/mol. The summed E-state index contributed by atoms with van der Waals surface area (Å²) in [6.45, 7) is 2.73. The number of hydrogen-bond acceptors (Lipinski definition) is 4. The molecule has 0 atom stereocenters. The van der Waals surface area contributed by atoms with Crippen LogP contribution in [0.3, 0.4) is 0 Å². The molecular weight excluding hydrogens is 349 g/mol. The molecule has 0 unspecified atom stereocenters. The van der Waals surface area contributed by atoms with Gasteiger partial charge in [0.1, 0.15) is 35.4 Å². The smallest absolute Gasteiger partial charge is 0.251 e. The summed E-state index contributed by atoms with van der Waals surface area (Å²) in [5.41, 5.74) is 1.72. The Labute approximate surface area is 119 Å². The maximum absolute atomic E-state index is 11.4. The lowest BCUT2D eigenvalue weighted by atomic mass is 10.1. The van der Waals surface area contributed by atoms with Gasteiger partial charge in [0.25, 0.3) is 5.91 Å². The Morgan fingerprint density at radius 3 is 2.89 bits per heavy atom. The first-order chi connectivity index (χ1) is 8.81. The SMILES string of the molecule is O=C1NCc2cc(OCCOCCOI)ccc21.